The summed E-state index contributed by atoms with van der Waals surface area (Å²) in [7, 11) is 1.54. The highest BCUT2D eigenvalue weighted by Gasteiger charge is 2.12. The van der Waals surface area contributed by atoms with Gasteiger partial charge in [-0.2, -0.15) is 5.10 Å². The Kier molecular flexibility index (Phi) is 5.77. The van der Waals surface area contributed by atoms with Crippen LogP contribution in [0, 0.1) is 5.82 Å². The van der Waals surface area contributed by atoms with Gasteiger partial charge >= 0.3 is 6.03 Å². The zero-order valence-corrected chi connectivity index (χ0v) is 14.7. The van der Waals surface area contributed by atoms with Crippen LogP contribution in [0.5, 0.6) is 0 Å². The number of rotatable bonds is 6. The highest BCUT2D eigenvalue weighted by Crippen LogP contribution is 2.14. The number of anilines is 1. The minimum atomic E-state index is -0.569. The SMILES string of the molecule is COCCn1nc(CNC(=O)Nc2ccccc2F)c2ccccc2c1=O. The van der Waals surface area contributed by atoms with Gasteiger partial charge in [-0.1, -0.05) is 30.3 Å². The number of urea groups is 1. The van der Waals surface area contributed by atoms with E-state index >= 15 is 0 Å². The molecule has 0 aliphatic carbocycles. The second-order valence-electron chi connectivity index (χ2n) is 5.80. The molecule has 0 fully saturated rings. The number of hydrogen-bond donors (Lipinski definition) is 2. The highest BCUT2D eigenvalue weighted by atomic mass is 19.1. The first-order valence-corrected chi connectivity index (χ1v) is 8.37. The average Bonchev–Trinajstić information content (AvgIpc) is 2.68. The largest absolute Gasteiger partial charge is 0.383 e. The van der Waals surface area contributed by atoms with E-state index in [9.17, 15) is 14.0 Å². The van der Waals surface area contributed by atoms with Crippen LogP contribution >= 0.6 is 0 Å². The Bertz CT molecular complexity index is 1020. The van der Waals surface area contributed by atoms with Crippen molar-refractivity contribution in [1.82, 2.24) is 15.1 Å². The molecule has 0 radical (unpaired) electrons. The smallest absolute Gasteiger partial charge is 0.319 e. The first-order chi connectivity index (χ1) is 13.1. The van der Waals surface area contributed by atoms with Crippen LogP contribution in [0.25, 0.3) is 10.8 Å². The van der Waals surface area contributed by atoms with Gasteiger partial charge in [-0.3, -0.25) is 4.79 Å². The van der Waals surface area contributed by atoms with Crippen LogP contribution in [0.1, 0.15) is 5.69 Å². The lowest BCUT2D eigenvalue weighted by molar-refractivity contribution is 0.181. The molecule has 0 spiro atoms. The highest BCUT2D eigenvalue weighted by molar-refractivity contribution is 5.90. The Morgan fingerprint density at radius 1 is 1.15 bits per heavy atom. The Morgan fingerprint density at radius 2 is 1.85 bits per heavy atom. The molecule has 8 heteroatoms. The van der Waals surface area contributed by atoms with Crippen LogP contribution in [0.15, 0.2) is 53.3 Å². The number of aromatic nitrogens is 2. The van der Waals surface area contributed by atoms with Gasteiger partial charge in [0, 0.05) is 12.5 Å². The molecule has 27 heavy (non-hydrogen) atoms. The lowest BCUT2D eigenvalue weighted by atomic mass is 10.1. The lowest BCUT2D eigenvalue weighted by Gasteiger charge is -2.12. The quantitative estimate of drug-likeness (QED) is 0.698. The van der Waals surface area contributed by atoms with Crippen molar-refractivity contribution in [3.05, 3.63) is 70.4 Å². The number of halogens is 1. The van der Waals surface area contributed by atoms with Crippen LogP contribution in [0.2, 0.25) is 0 Å². The van der Waals surface area contributed by atoms with E-state index in [0.29, 0.717) is 29.6 Å². The topological polar surface area (TPSA) is 85.2 Å². The predicted octanol–water partition coefficient (Wildman–Crippen LogP) is 2.50. The molecule has 0 bridgehead atoms. The monoisotopic (exact) mass is 370 g/mol. The zero-order chi connectivity index (χ0) is 19.2. The second-order valence-corrected chi connectivity index (χ2v) is 5.80. The molecule has 2 N–H and O–H groups in total. The van der Waals surface area contributed by atoms with Crippen LogP contribution in [-0.4, -0.2) is 29.5 Å². The molecule has 3 aromatic rings. The van der Waals surface area contributed by atoms with Crippen LogP contribution in [-0.2, 0) is 17.8 Å². The van der Waals surface area contributed by atoms with Crippen molar-refractivity contribution in [2.75, 3.05) is 19.0 Å². The van der Waals surface area contributed by atoms with Gasteiger partial charge in [-0.15, -0.1) is 0 Å². The van der Waals surface area contributed by atoms with E-state index in [2.05, 4.69) is 15.7 Å². The second kappa shape index (κ2) is 8.41. The summed E-state index contributed by atoms with van der Waals surface area (Å²) >= 11 is 0. The third-order valence-electron chi connectivity index (χ3n) is 3.99. The number of carbonyl (C=O) groups is 1. The Hall–Kier alpha value is -3.26. The molecule has 140 valence electrons. The number of nitrogens with one attached hydrogen (secondary N) is 2. The van der Waals surface area contributed by atoms with Gasteiger partial charge in [0.05, 0.1) is 36.5 Å². The Morgan fingerprint density at radius 3 is 2.59 bits per heavy atom. The van der Waals surface area contributed by atoms with Crippen molar-refractivity contribution >= 4 is 22.5 Å². The van der Waals surface area contributed by atoms with Crippen LogP contribution in [0.3, 0.4) is 0 Å². The molecular formula is C19H19FN4O3. The maximum absolute atomic E-state index is 13.6. The number of methoxy groups -OCH3 is 1. The van der Waals surface area contributed by atoms with E-state index in [-0.39, 0.29) is 17.8 Å². The summed E-state index contributed by atoms with van der Waals surface area (Å²) in [4.78, 5) is 24.6. The number of benzene rings is 2. The molecule has 0 atom stereocenters. The molecule has 0 saturated heterocycles. The molecule has 0 aliphatic heterocycles. The Labute approximate surface area is 154 Å². The molecule has 1 heterocycles. The van der Waals surface area contributed by atoms with Crippen molar-refractivity contribution in [3.8, 4) is 0 Å². The molecule has 0 unspecified atom stereocenters. The summed E-state index contributed by atoms with van der Waals surface area (Å²) in [6.07, 6.45) is 0. The van der Waals surface area contributed by atoms with E-state index < -0.39 is 11.8 Å². The molecule has 2 amide bonds. The average molecular weight is 370 g/mol. The van der Waals surface area contributed by atoms with Crippen molar-refractivity contribution < 1.29 is 13.9 Å². The van der Waals surface area contributed by atoms with Crippen molar-refractivity contribution in [3.63, 3.8) is 0 Å². The number of amides is 2. The number of para-hydroxylation sites is 1. The summed E-state index contributed by atoms with van der Waals surface area (Å²) in [6, 6.07) is 12.4. The normalized spacial score (nSPS) is 10.7. The fraction of sp³-hybridized carbons (Fsp3) is 0.211. The number of nitrogens with zero attached hydrogens (tertiary/aromatic N) is 2. The van der Waals surface area contributed by atoms with Gasteiger partial charge in [0.1, 0.15) is 5.82 Å². The van der Waals surface area contributed by atoms with Crippen LogP contribution in [0.4, 0.5) is 14.9 Å². The molecular weight excluding hydrogens is 351 g/mol. The van der Waals surface area contributed by atoms with Gasteiger partial charge in [0.15, 0.2) is 0 Å². The number of fused-ring (bicyclic) bond motifs is 1. The maximum Gasteiger partial charge on any atom is 0.319 e. The summed E-state index contributed by atoms with van der Waals surface area (Å²) in [5.74, 6) is -0.524. The zero-order valence-electron chi connectivity index (χ0n) is 14.7. The summed E-state index contributed by atoms with van der Waals surface area (Å²) in [5.41, 5.74) is 0.394. The number of ether oxygens (including phenoxy) is 1. The maximum atomic E-state index is 13.6. The summed E-state index contributed by atoms with van der Waals surface area (Å²) in [5, 5.41) is 10.6. The third-order valence-corrected chi connectivity index (χ3v) is 3.99. The summed E-state index contributed by atoms with van der Waals surface area (Å²) < 4.78 is 20.0. The van der Waals surface area contributed by atoms with E-state index in [4.69, 9.17) is 4.74 Å². The van der Waals surface area contributed by atoms with Crippen molar-refractivity contribution in [1.29, 1.82) is 0 Å². The van der Waals surface area contributed by atoms with Gasteiger partial charge in [0.25, 0.3) is 5.56 Å². The van der Waals surface area contributed by atoms with E-state index in [1.54, 1.807) is 37.4 Å². The van der Waals surface area contributed by atoms with E-state index in [1.807, 2.05) is 0 Å². The first kappa shape index (κ1) is 18.5. The molecule has 2 aromatic carbocycles. The molecule has 7 nitrogen and oxygen atoms in total. The third kappa shape index (κ3) is 4.29. The first-order valence-electron chi connectivity index (χ1n) is 8.37. The fourth-order valence-corrected chi connectivity index (χ4v) is 2.66. The predicted molar refractivity (Wildman–Crippen MR) is 100 cm³/mol. The lowest BCUT2D eigenvalue weighted by Crippen LogP contribution is -2.31. The van der Waals surface area contributed by atoms with Gasteiger partial charge in [0.2, 0.25) is 0 Å². The molecule has 0 saturated carbocycles. The van der Waals surface area contributed by atoms with Gasteiger partial charge in [-0.25, -0.2) is 13.9 Å². The van der Waals surface area contributed by atoms with Gasteiger partial charge in [-0.05, 0) is 18.2 Å². The van der Waals surface area contributed by atoms with E-state index in [1.165, 1.54) is 22.9 Å². The molecule has 3 rings (SSSR count). The summed E-state index contributed by atoms with van der Waals surface area (Å²) in [6.45, 7) is 0.717. The number of hydrogen-bond acceptors (Lipinski definition) is 4. The molecule has 0 aliphatic rings. The fourth-order valence-electron chi connectivity index (χ4n) is 2.66. The van der Waals surface area contributed by atoms with E-state index in [0.717, 1.165) is 0 Å². The van der Waals surface area contributed by atoms with Gasteiger partial charge < -0.3 is 15.4 Å². The number of carbonyl (C=O) groups excluding carboxylic acids is 1. The Balaban J connectivity index is 1.81. The minimum Gasteiger partial charge on any atom is -0.383 e. The minimum absolute atomic E-state index is 0.0774. The van der Waals surface area contributed by atoms with Crippen molar-refractivity contribution in [2.24, 2.45) is 0 Å². The standard InChI is InChI=1S/C19H19FN4O3/c1-27-11-10-24-18(25)14-7-3-2-6-13(14)17(23-24)12-21-19(26)22-16-9-5-4-8-15(16)20/h2-9H,10-12H2,1H3,(H2,21,22,26). The van der Waals surface area contributed by atoms with Crippen LogP contribution < -0.4 is 16.2 Å². The molecule has 1 aromatic heterocycles. The van der Waals surface area contributed by atoms with Crippen molar-refractivity contribution in [2.45, 2.75) is 13.1 Å².